The minimum atomic E-state index is -0.444. The first-order valence-corrected chi connectivity index (χ1v) is 6.62. The maximum absolute atomic E-state index is 11.4. The van der Waals surface area contributed by atoms with Crippen molar-refractivity contribution < 1.29 is 9.66 Å². The number of hydrogen-bond acceptors (Lipinski definition) is 4. The topological polar surface area (TPSA) is 85.2 Å². The number of H-pyrrole nitrogens is 1. The molecule has 22 heavy (non-hydrogen) atoms. The summed E-state index contributed by atoms with van der Waals surface area (Å²) in [4.78, 5) is 24.4. The van der Waals surface area contributed by atoms with Crippen LogP contribution in [0.15, 0.2) is 59.4 Å². The zero-order chi connectivity index (χ0) is 15.5. The highest BCUT2D eigenvalue weighted by Gasteiger charge is 2.06. The van der Waals surface area contributed by atoms with Crippen molar-refractivity contribution in [2.24, 2.45) is 0 Å². The number of non-ortho nitro benzene ring substituents is 1. The lowest BCUT2D eigenvalue weighted by Crippen LogP contribution is -2.04. The average molecular weight is 296 g/mol. The number of nitrogens with zero attached hydrogens (tertiary/aromatic N) is 1. The molecule has 1 heterocycles. The summed E-state index contributed by atoms with van der Waals surface area (Å²) in [5, 5.41) is 11.5. The maximum atomic E-state index is 11.4. The van der Waals surface area contributed by atoms with Gasteiger partial charge in [0, 0.05) is 23.6 Å². The van der Waals surface area contributed by atoms with Gasteiger partial charge in [0.1, 0.15) is 12.4 Å². The minimum Gasteiger partial charge on any atom is -0.487 e. The van der Waals surface area contributed by atoms with E-state index < -0.39 is 4.92 Å². The van der Waals surface area contributed by atoms with Crippen LogP contribution >= 0.6 is 0 Å². The van der Waals surface area contributed by atoms with Crippen LogP contribution in [0.3, 0.4) is 0 Å². The number of nitro groups is 1. The third-order valence-electron chi connectivity index (χ3n) is 3.26. The lowest BCUT2D eigenvalue weighted by molar-refractivity contribution is -0.384. The van der Waals surface area contributed by atoms with E-state index in [9.17, 15) is 14.9 Å². The van der Waals surface area contributed by atoms with E-state index in [1.807, 2.05) is 12.1 Å². The first-order valence-electron chi connectivity index (χ1n) is 6.62. The van der Waals surface area contributed by atoms with E-state index in [-0.39, 0.29) is 17.9 Å². The molecule has 3 rings (SSSR count). The Balaban J connectivity index is 1.83. The quantitative estimate of drug-likeness (QED) is 0.592. The summed E-state index contributed by atoms with van der Waals surface area (Å²) in [5.41, 5.74) is 1.29. The summed E-state index contributed by atoms with van der Waals surface area (Å²) in [5.74, 6) is 0.563. The van der Waals surface area contributed by atoms with E-state index >= 15 is 0 Å². The lowest BCUT2D eigenvalue weighted by atomic mass is 10.2. The van der Waals surface area contributed by atoms with Crippen LogP contribution in [0.25, 0.3) is 10.9 Å². The van der Waals surface area contributed by atoms with E-state index in [2.05, 4.69) is 4.98 Å². The predicted octanol–water partition coefficient (Wildman–Crippen LogP) is 3.02. The Bertz CT molecular complexity index is 885. The number of pyridine rings is 1. The summed E-state index contributed by atoms with van der Waals surface area (Å²) < 4.78 is 5.72. The van der Waals surface area contributed by atoms with Gasteiger partial charge in [0.05, 0.1) is 10.4 Å². The zero-order valence-electron chi connectivity index (χ0n) is 11.5. The number of hydrogen-bond donors (Lipinski definition) is 1. The summed E-state index contributed by atoms with van der Waals surface area (Å²) in [6.45, 7) is 0.258. The molecular weight excluding hydrogens is 284 g/mol. The van der Waals surface area contributed by atoms with Gasteiger partial charge in [-0.1, -0.05) is 12.1 Å². The van der Waals surface area contributed by atoms with Crippen molar-refractivity contribution in [2.45, 2.75) is 6.61 Å². The van der Waals surface area contributed by atoms with E-state index in [4.69, 9.17) is 4.74 Å². The van der Waals surface area contributed by atoms with Gasteiger partial charge in [0.15, 0.2) is 0 Å². The molecule has 6 nitrogen and oxygen atoms in total. The third-order valence-corrected chi connectivity index (χ3v) is 3.26. The van der Waals surface area contributed by atoms with Crippen molar-refractivity contribution in [3.8, 4) is 5.75 Å². The molecule has 3 aromatic rings. The molecule has 0 aliphatic carbocycles. The lowest BCUT2D eigenvalue weighted by Gasteiger charge is -2.09. The number of benzene rings is 2. The highest BCUT2D eigenvalue weighted by molar-refractivity contribution is 5.84. The number of fused-ring (bicyclic) bond motifs is 1. The van der Waals surface area contributed by atoms with Gasteiger partial charge < -0.3 is 9.72 Å². The molecule has 1 aromatic heterocycles. The number of nitrogens with one attached hydrogen (secondary N) is 1. The minimum absolute atomic E-state index is 0.0400. The summed E-state index contributed by atoms with van der Waals surface area (Å²) in [6, 6.07) is 14.8. The van der Waals surface area contributed by atoms with Crippen molar-refractivity contribution in [1.29, 1.82) is 0 Å². The van der Waals surface area contributed by atoms with Gasteiger partial charge in [-0.15, -0.1) is 0 Å². The van der Waals surface area contributed by atoms with Crippen LogP contribution < -0.4 is 10.3 Å². The Hall–Kier alpha value is -3.15. The second-order valence-corrected chi connectivity index (χ2v) is 4.76. The molecule has 0 spiro atoms. The normalized spacial score (nSPS) is 10.5. The maximum Gasteiger partial charge on any atom is 0.269 e. The highest BCUT2D eigenvalue weighted by atomic mass is 16.6. The summed E-state index contributed by atoms with van der Waals surface area (Å²) in [6.07, 6.45) is 0. The number of nitro benzene ring substituents is 1. The molecule has 0 bridgehead atoms. The standard InChI is InChI=1S/C16H12N2O4/c19-15-9-6-12-2-1-3-14(16(12)17-15)22-10-11-4-7-13(8-5-11)18(20)21/h1-9H,10H2,(H,17,19). The smallest absolute Gasteiger partial charge is 0.269 e. The summed E-state index contributed by atoms with van der Waals surface area (Å²) in [7, 11) is 0. The van der Waals surface area contributed by atoms with Crippen molar-refractivity contribution in [3.05, 3.63) is 80.6 Å². The van der Waals surface area contributed by atoms with Crippen LogP contribution in [0, 0.1) is 10.1 Å². The Morgan fingerprint density at radius 3 is 2.55 bits per heavy atom. The molecule has 0 radical (unpaired) electrons. The molecule has 0 atom stereocenters. The molecule has 0 unspecified atom stereocenters. The second kappa shape index (κ2) is 5.69. The first-order chi connectivity index (χ1) is 10.6. The number of para-hydroxylation sites is 1. The van der Waals surface area contributed by atoms with E-state index in [1.54, 1.807) is 24.3 Å². The van der Waals surface area contributed by atoms with Gasteiger partial charge in [-0.05, 0) is 29.8 Å². The van der Waals surface area contributed by atoms with Crippen LogP contribution in [-0.2, 0) is 6.61 Å². The SMILES string of the molecule is O=c1ccc2cccc(OCc3ccc([N+](=O)[O-])cc3)c2[nH]1. The molecule has 0 amide bonds. The van der Waals surface area contributed by atoms with Gasteiger partial charge in [-0.2, -0.15) is 0 Å². The van der Waals surface area contributed by atoms with Crippen LogP contribution in [0.2, 0.25) is 0 Å². The molecular formula is C16H12N2O4. The van der Waals surface area contributed by atoms with E-state index in [0.29, 0.717) is 11.3 Å². The van der Waals surface area contributed by atoms with E-state index in [1.165, 1.54) is 18.2 Å². The Labute approximate surface area is 125 Å². The number of aromatic nitrogens is 1. The van der Waals surface area contributed by atoms with Gasteiger partial charge in [0.2, 0.25) is 5.56 Å². The van der Waals surface area contributed by atoms with Crippen molar-refractivity contribution in [2.75, 3.05) is 0 Å². The predicted molar refractivity (Wildman–Crippen MR) is 82.0 cm³/mol. The van der Waals surface area contributed by atoms with Gasteiger partial charge in [-0.25, -0.2) is 0 Å². The summed E-state index contributed by atoms with van der Waals surface area (Å²) >= 11 is 0. The van der Waals surface area contributed by atoms with Crippen LogP contribution in [0.5, 0.6) is 5.75 Å². The molecule has 0 saturated heterocycles. The molecule has 110 valence electrons. The van der Waals surface area contributed by atoms with E-state index in [0.717, 1.165) is 10.9 Å². The Morgan fingerprint density at radius 1 is 1.05 bits per heavy atom. The highest BCUT2D eigenvalue weighted by Crippen LogP contribution is 2.23. The molecule has 2 aromatic carbocycles. The Morgan fingerprint density at radius 2 is 1.82 bits per heavy atom. The second-order valence-electron chi connectivity index (χ2n) is 4.76. The largest absolute Gasteiger partial charge is 0.487 e. The molecule has 6 heteroatoms. The van der Waals surface area contributed by atoms with Crippen LogP contribution in [-0.4, -0.2) is 9.91 Å². The number of rotatable bonds is 4. The van der Waals surface area contributed by atoms with Crippen molar-refractivity contribution in [3.63, 3.8) is 0 Å². The van der Waals surface area contributed by atoms with Gasteiger partial charge in [-0.3, -0.25) is 14.9 Å². The molecule has 0 aliphatic heterocycles. The van der Waals surface area contributed by atoms with Gasteiger partial charge >= 0.3 is 0 Å². The zero-order valence-corrected chi connectivity index (χ0v) is 11.5. The molecule has 0 aliphatic rings. The third kappa shape index (κ3) is 2.80. The molecule has 1 N–H and O–H groups in total. The van der Waals surface area contributed by atoms with Crippen LogP contribution in [0.4, 0.5) is 5.69 Å². The van der Waals surface area contributed by atoms with Crippen molar-refractivity contribution in [1.82, 2.24) is 4.98 Å². The first kappa shape index (κ1) is 13.8. The number of ether oxygens (including phenoxy) is 1. The average Bonchev–Trinajstić information content (AvgIpc) is 2.53. The Kier molecular flexibility index (Phi) is 3.57. The fourth-order valence-corrected chi connectivity index (χ4v) is 2.15. The number of aromatic amines is 1. The van der Waals surface area contributed by atoms with Crippen LogP contribution in [0.1, 0.15) is 5.56 Å². The fourth-order valence-electron chi connectivity index (χ4n) is 2.15. The monoisotopic (exact) mass is 296 g/mol. The van der Waals surface area contributed by atoms with Crippen molar-refractivity contribution >= 4 is 16.6 Å². The molecule has 0 fully saturated rings. The van der Waals surface area contributed by atoms with Gasteiger partial charge in [0.25, 0.3) is 5.69 Å². The molecule has 0 saturated carbocycles. The fraction of sp³-hybridized carbons (Fsp3) is 0.0625.